The van der Waals surface area contributed by atoms with Crippen molar-refractivity contribution < 1.29 is 0 Å². The maximum absolute atomic E-state index is 4.70. The van der Waals surface area contributed by atoms with Gasteiger partial charge in [0.15, 0.2) is 5.13 Å². The van der Waals surface area contributed by atoms with Crippen molar-refractivity contribution in [3.05, 3.63) is 40.9 Å². The number of thiazole rings is 1. The molecule has 1 atom stereocenters. The molecule has 1 unspecified atom stereocenters. The van der Waals surface area contributed by atoms with Crippen LogP contribution in [0, 0.1) is 0 Å². The highest BCUT2D eigenvalue weighted by atomic mass is 32.1. The number of hydrogen-bond acceptors (Lipinski definition) is 4. The van der Waals surface area contributed by atoms with Gasteiger partial charge in [0.2, 0.25) is 0 Å². The van der Waals surface area contributed by atoms with E-state index in [0.717, 1.165) is 36.8 Å². The maximum Gasteiger partial charge on any atom is 0.187 e. The van der Waals surface area contributed by atoms with Crippen LogP contribution < -0.4 is 10.6 Å². The summed E-state index contributed by atoms with van der Waals surface area (Å²) in [5.41, 5.74) is 3.71. The first kappa shape index (κ1) is 17.0. The summed E-state index contributed by atoms with van der Waals surface area (Å²) in [4.78, 5) is 4.70. The summed E-state index contributed by atoms with van der Waals surface area (Å²) in [6.45, 7) is 8.77. The van der Waals surface area contributed by atoms with E-state index in [2.05, 4.69) is 61.1 Å². The van der Waals surface area contributed by atoms with Gasteiger partial charge >= 0.3 is 0 Å². The molecule has 2 rings (SSSR count). The van der Waals surface area contributed by atoms with Crippen LogP contribution in [0.1, 0.15) is 50.8 Å². The van der Waals surface area contributed by atoms with Gasteiger partial charge < -0.3 is 10.6 Å². The van der Waals surface area contributed by atoms with Gasteiger partial charge in [0.25, 0.3) is 0 Å². The Kier molecular flexibility index (Phi) is 6.87. The third kappa shape index (κ3) is 4.82. The molecule has 120 valence electrons. The minimum atomic E-state index is 0.557. The van der Waals surface area contributed by atoms with Gasteiger partial charge in [-0.25, -0.2) is 4.98 Å². The monoisotopic (exact) mass is 317 g/mol. The Morgan fingerprint density at radius 2 is 2.00 bits per heavy atom. The fourth-order valence-electron chi connectivity index (χ4n) is 2.37. The normalized spacial score (nSPS) is 12.3. The predicted octanol–water partition coefficient (Wildman–Crippen LogP) is 4.94. The number of anilines is 2. The number of nitrogens with zero attached hydrogens (tertiary/aromatic N) is 1. The van der Waals surface area contributed by atoms with Crippen molar-refractivity contribution in [2.24, 2.45) is 0 Å². The van der Waals surface area contributed by atoms with Crippen LogP contribution in [0.3, 0.4) is 0 Å². The van der Waals surface area contributed by atoms with E-state index >= 15 is 0 Å². The van der Waals surface area contributed by atoms with Crippen molar-refractivity contribution in [3.8, 4) is 0 Å². The minimum Gasteiger partial charge on any atom is -0.331 e. The lowest BCUT2D eigenvalue weighted by atomic mass is 9.97. The SMILES string of the molecule is CCCNCCc1csc(Nc2ccccc2C(C)CC)n1. The molecule has 0 bridgehead atoms. The van der Waals surface area contributed by atoms with Gasteiger partial charge in [0.05, 0.1) is 5.69 Å². The van der Waals surface area contributed by atoms with Gasteiger partial charge in [-0.3, -0.25) is 0 Å². The van der Waals surface area contributed by atoms with Crippen LogP contribution in [-0.2, 0) is 6.42 Å². The number of para-hydroxylation sites is 1. The molecule has 2 aromatic rings. The molecule has 3 nitrogen and oxygen atoms in total. The molecule has 1 aromatic heterocycles. The van der Waals surface area contributed by atoms with Crippen LogP contribution in [0.2, 0.25) is 0 Å². The summed E-state index contributed by atoms with van der Waals surface area (Å²) in [7, 11) is 0. The molecule has 2 N–H and O–H groups in total. The predicted molar refractivity (Wildman–Crippen MR) is 97.4 cm³/mol. The van der Waals surface area contributed by atoms with Gasteiger partial charge in [-0.1, -0.05) is 39.0 Å². The third-order valence-corrected chi connectivity index (χ3v) is 4.69. The third-order valence-electron chi connectivity index (χ3n) is 3.88. The van der Waals surface area contributed by atoms with E-state index in [-0.39, 0.29) is 0 Å². The quantitative estimate of drug-likeness (QED) is 0.643. The average molecular weight is 318 g/mol. The molecule has 0 aliphatic heterocycles. The molecule has 1 heterocycles. The molecule has 0 aliphatic rings. The highest BCUT2D eigenvalue weighted by Gasteiger charge is 2.10. The zero-order valence-corrected chi connectivity index (χ0v) is 14.7. The van der Waals surface area contributed by atoms with Crippen LogP contribution in [0.4, 0.5) is 10.8 Å². The first-order valence-electron chi connectivity index (χ1n) is 8.25. The zero-order chi connectivity index (χ0) is 15.8. The molecule has 22 heavy (non-hydrogen) atoms. The summed E-state index contributed by atoms with van der Waals surface area (Å²) in [5, 5.41) is 10.1. The lowest BCUT2D eigenvalue weighted by Crippen LogP contribution is -2.17. The molecule has 1 aromatic carbocycles. The molecular formula is C18H27N3S. The van der Waals surface area contributed by atoms with Gasteiger partial charge in [-0.15, -0.1) is 11.3 Å². The number of aromatic nitrogens is 1. The molecular weight excluding hydrogens is 290 g/mol. The zero-order valence-electron chi connectivity index (χ0n) is 13.9. The Bertz CT molecular complexity index is 565. The Labute approximate surface area is 138 Å². The van der Waals surface area contributed by atoms with Crippen molar-refractivity contribution >= 4 is 22.2 Å². The number of hydrogen-bond donors (Lipinski definition) is 2. The topological polar surface area (TPSA) is 37.0 Å². The lowest BCUT2D eigenvalue weighted by molar-refractivity contribution is 0.667. The number of benzene rings is 1. The number of nitrogens with one attached hydrogen (secondary N) is 2. The van der Waals surface area contributed by atoms with Gasteiger partial charge in [-0.2, -0.15) is 0 Å². The van der Waals surface area contributed by atoms with Crippen molar-refractivity contribution in [2.45, 2.75) is 46.0 Å². The van der Waals surface area contributed by atoms with Crippen molar-refractivity contribution in [3.63, 3.8) is 0 Å². The first-order chi connectivity index (χ1) is 10.7. The fourth-order valence-corrected chi connectivity index (χ4v) is 3.13. The average Bonchev–Trinajstić information content (AvgIpc) is 2.99. The van der Waals surface area contributed by atoms with Crippen molar-refractivity contribution in [2.75, 3.05) is 18.4 Å². The molecule has 0 saturated carbocycles. The standard InChI is InChI=1S/C18H27N3S/c1-4-11-19-12-10-15-13-22-18(20-15)21-17-9-7-6-8-16(17)14(3)5-2/h6-9,13-14,19H,4-5,10-12H2,1-3H3,(H,20,21). The smallest absolute Gasteiger partial charge is 0.187 e. The van der Waals surface area contributed by atoms with Crippen LogP contribution in [-0.4, -0.2) is 18.1 Å². The van der Waals surface area contributed by atoms with Gasteiger partial charge in [0.1, 0.15) is 0 Å². The molecule has 0 fully saturated rings. The molecule has 0 spiro atoms. The van der Waals surface area contributed by atoms with E-state index < -0.39 is 0 Å². The van der Waals surface area contributed by atoms with Crippen LogP contribution in [0.25, 0.3) is 0 Å². The first-order valence-corrected chi connectivity index (χ1v) is 9.13. The molecule has 4 heteroatoms. The highest BCUT2D eigenvalue weighted by molar-refractivity contribution is 7.13. The van der Waals surface area contributed by atoms with Crippen molar-refractivity contribution in [1.29, 1.82) is 0 Å². The molecule has 0 saturated heterocycles. The van der Waals surface area contributed by atoms with E-state index in [4.69, 9.17) is 4.98 Å². The summed E-state index contributed by atoms with van der Waals surface area (Å²) in [5.74, 6) is 0.557. The van der Waals surface area contributed by atoms with E-state index in [1.807, 2.05) is 0 Å². The lowest BCUT2D eigenvalue weighted by Gasteiger charge is -2.15. The largest absolute Gasteiger partial charge is 0.331 e. The van der Waals surface area contributed by atoms with E-state index in [1.54, 1.807) is 11.3 Å². The van der Waals surface area contributed by atoms with Crippen LogP contribution in [0.5, 0.6) is 0 Å². The summed E-state index contributed by atoms with van der Waals surface area (Å²) < 4.78 is 0. The second-order valence-electron chi connectivity index (χ2n) is 5.67. The Morgan fingerprint density at radius 1 is 1.18 bits per heavy atom. The fraction of sp³-hybridized carbons (Fsp3) is 0.500. The van der Waals surface area contributed by atoms with E-state index in [0.29, 0.717) is 5.92 Å². The molecule has 0 aliphatic carbocycles. The van der Waals surface area contributed by atoms with Gasteiger partial charge in [0, 0.05) is 24.0 Å². The molecule has 0 radical (unpaired) electrons. The maximum atomic E-state index is 4.70. The molecule has 0 amide bonds. The Morgan fingerprint density at radius 3 is 2.77 bits per heavy atom. The van der Waals surface area contributed by atoms with Crippen molar-refractivity contribution in [1.82, 2.24) is 10.3 Å². The summed E-state index contributed by atoms with van der Waals surface area (Å²) in [6, 6.07) is 8.54. The van der Waals surface area contributed by atoms with Crippen LogP contribution in [0.15, 0.2) is 29.6 Å². The van der Waals surface area contributed by atoms with Gasteiger partial charge in [-0.05, 0) is 36.9 Å². The summed E-state index contributed by atoms with van der Waals surface area (Å²) in [6.07, 6.45) is 3.31. The van der Waals surface area contributed by atoms with E-state index in [9.17, 15) is 0 Å². The highest BCUT2D eigenvalue weighted by Crippen LogP contribution is 2.30. The minimum absolute atomic E-state index is 0.557. The Balaban J connectivity index is 1.98. The van der Waals surface area contributed by atoms with Crippen LogP contribution >= 0.6 is 11.3 Å². The number of rotatable bonds is 9. The summed E-state index contributed by atoms with van der Waals surface area (Å²) >= 11 is 1.69. The Hall–Kier alpha value is -1.39. The second-order valence-corrected chi connectivity index (χ2v) is 6.52. The second kappa shape index (κ2) is 8.91. The van der Waals surface area contributed by atoms with E-state index in [1.165, 1.54) is 17.7 Å².